The van der Waals surface area contributed by atoms with Crippen molar-refractivity contribution in [1.29, 1.82) is 0 Å². The minimum atomic E-state index is -3.85. The summed E-state index contributed by atoms with van der Waals surface area (Å²) in [5, 5.41) is 0. The molecule has 3 aliphatic rings. The number of piperazine rings is 1. The molecule has 5 rings (SSSR count). The third-order valence-electron chi connectivity index (χ3n) is 6.63. The van der Waals surface area contributed by atoms with Gasteiger partial charge in [0.25, 0.3) is 15.9 Å². The fourth-order valence-electron chi connectivity index (χ4n) is 4.86. The van der Waals surface area contributed by atoms with Gasteiger partial charge in [-0.05, 0) is 43.2 Å². The number of benzene rings is 2. The molecule has 2 aromatic rings. The molecule has 2 aromatic carbocycles. The van der Waals surface area contributed by atoms with Gasteiger partial charge in [0.05, 0.1) is 4.90 Å². The third-order valence-corrected chi connectivity index (χ3v) is 8.01. The zero-order valence-electron chi connectivity index (χ0n) is 18.5. The summed E-state index contributed by atoms with van der Waals surface area (Å²) < 4.78 is 39.4. The molecule has 1 N–H and O–H groups in total. The molecule has 176 valence electrons. The molecule has 1 aliphatic carbocycles. The van der Waals surface area contributed by atoms with Crippen molar-refractivity contribution in [1.82, 2.24) is 9.80 Å². The average Bonchev–Trinajstić information content (AvgIpc) is 3.38. The number of rotatable bonds is 5. The normalized spacial score (nSPS) is 19.5. The van der Waals surface area contributed by atoms with Crippen LogP contribution in [0.15, 0.2) is 47.4 Å². The Balaban J connectivity index is 1.26. The number of anilines is 1. The highest BCUT2D eigenvalue weighted by atomic mass is 32.2. The summed E-state index contributed by atoms with van der Waals surface area (Å²) in [6, 6.07) is 11.9. The molecule has 0 spiro atoms. The van der Waals surface area contributed by atoms with Crippen LogP contribution >= 0.6 is 0 Å². The maximum absolute atomic E-state index is 13.1. The summed E-state index contributed by atoms with van der Waals surface area (Å²) in [7, 11) is -3.85. The number of ether oxygens (including phenoxy) is 2. The first-order valence-electron chi connectivity index (χ1n) is 11.6. The summed E-state index contributed by atoms with van der Waals surface area (Å²) in [6.07, 6.45) is 5.14. The van der Waals surface area contributed by atoms with E-state index in [4.69, 9.17) is 9.47 Å². The van der Waals surface area contributed by atoms with Crippen LogP contribution in [0.4, 0.5) is 5.69 Å². The van der Waals surface area contributed by atoms with Gasteiger partial charge in [0, 0.05) is 49.5 Å². The van der Waals surface area contributed by atoms with E-state index in [-0.39, 0.29) is 10.8 Å². The highest BCUT2D eigenvalue weighted by molar-refractivity contribution is 7.92. The van der Waals surface area contributed by atoms with Crippen LogP contribution in [-0.4, -0.2) is 69.6 Å². The summed E-state index contributed by atoms with van der Waals surface area (Å²) in [6.45, 7) is 4.00. The highest BCUT2D eigenvalue weighted by Crippen LogP contribution is 2.33. The highest BCUT2D eigenvalue weighted by Gasteiger charge is 2.28. The maximum Gasteiger partial charge on any atom is 0.262 e. The van der Waals surface area contributed by atoms with E-state index in [1.165, 1.54) is 37.8 Å². The average molecular weight is 472 g/mol. The zero-order chi connectivity index (χ0) is 22.8. The Bertz CT molecular complexity index is 1120. The van der Waals surface area contributed by atoms with Gasteiger partial charge in [0.15, 0.2) is 11.5 Å². The van der Waals surface area contributed by atoms with Crippen LogP contribution in [-0.2, 0) is 10.0 Å². The van der Waals surface area contributed by atoms with Gasteiger partial charge in [0.1, 0.15) is 13.2 Å². The van der Waals surface area contributed by atoms with Crippen LogP contribution in [0.5, 0.6) is 11.5 Å². The van der Waals surface area contributed by atoms with Crippen molar-refractivity contribution in [2.75, 3.05) is 44.1 Å². The standard InChI is InChI=1S/C24H29N3O5S/c28-24(27-12-10-26(11-13-27)20-6-1-2-7-20)18-4-3-5-19(16-18)25-33(29,30)21-8-9-22-23(17-21)32-15-14-31-22/h3-5,8-9,16-17,20,25H,1-2,6-7,10-15H2. The molecular formula is C24H29N3O5S. The second-order valence-electron chi connectivity index (χ2n) is 8.76. The Morgan fingerprint density at radius 2 is 1.64 bits per heavy atom. The van der Waals surface area contributed by atoms with Crippen LogP contribution in [0.3, 0.4) is 0 Å². The molecule has 0 bridgehead atoms. The molecule has 2 heterocycles. The smallest absolute Gasteiger partial charge is 0.262 e. The lowest BCUT2D eigenvalue weighted by Gasteiger charge is -2.38. The van der Waals surface area contributed by atoms with Gasteiger partial charge in [-0.2, -0.15) is 0 Å². The Hall–Kier alpha value is -2.78. The summed E-state index contributed by atoms with van der Waals surface area (Å²) in [4.78, 5) is 17.5. The van der Waals surface area contributed by atoms with Gasteiger partial charge in [-0.1, -0.05) is 18.9 Å². The second kappa shape index (κ2) is 9.23. The van der Waals surface area contributed by atoms with E-state index >= 15 is 0 Å². The zero-order valence-corrected chi connectivity index (χ0v) is 19.4. The van der Waals surface area contributed by atoms with E-state index in [9.17, 15) is 13.2 Å². The minimum Gasteiger partial charge on any atom is -0.486 e. The first kappa shape index (κ1) is 22.0. The van der Waals surface area contributed by atoms with Gasteiger partial charge in [-0.3, -0.25) is 14.4 Å². The predicted octanol–water partition coefficient (Wildman–Crippen LogP) is 2.96. The topological polar surface area (TPSA) is 88.2 Å². The van der Waals surface area contributed by atoms with Crippen molar-refractivity contribution in [3.63, 3.8) is 0 Å². The molecule has 1 saturated heterocycles. The molecule has 0 aromatic heterocycles. The predicted molar refractivity (Wildman–Crippen MR) is 124 cm³/mol. The van der Waals surface area contributed by atoms with Crippen LogP contribution in [0.1, 0.15) is 36.0 Å². The van der Waals surface area contributed by atoms with E-state index < -0.39 is 10.0 Å². The van der Waals surface area contributed by atoms with Crippen molar-refractivity contribution in [3.8, 4) is 11.5 Å². The monoisotopic (exact) mass is 471 g/mol. The number of nitrogens with zero attached hydrogens (tertiary/aromatic N) is 2. The molecule has 1 amide bonds. The lowest BCUT2D eigenvalue weighted by Crippen LogP contribution is -2.51. The van der Waals surface area contributed by atoms with Crippen molar-refractivity contribution < 1.29 is 22.7 Å². The van der Waals surface area contributed by atoms with Crippen molar-refractivity contribution in [2.24, 2.45) is 0 Å². The Morgan fingerprint density at radius 1 is 0.909 bits per heavy atom. The Morgan fingerprint density at radius 3 is 2.39 bits per heavy atom. The first-order valence-corrected chi connectivity index (χ1v) is 13.0. The molecule has 1 saturated carbocycles. The summed E-state index contributed by atoms with van der Waals surface area (Å²) in [5.74, 6) is 0.868. The molecule has 8 nitrogen and oxygen atoms in total. The number of hydrogen-bond donors (Lipinski definition) is 1. The van der Waals surface area contributed by atoms with Crippen LogP contribution in [0.2, 0.25) is 0 Å². The molecule has 9 heteroatoms. The number of amides is 1. The fourth-order valence-corrected chi connectivity index (χ4v) is 5.93. The molecule has 0 atom stereocenters. The van der Waals surface area contributed by atoms with Gasteiger partial charge in [-0.15, -0.1) is 0 Å². The largest absolute Gasteiger partial charge is 0.486 e. The van der Waals surface area contributed by atoms with E-state index in [1.54, 1.807) is 30.3 Å². The number of hydrogen-bond acceptors (Lipinski definition) is 6. The van der Waals surface area contributed by atoms with Crippen molar-refractivity contribution in [3.05, 3.63) is 48.0 Å². The maximum atomic E-state index is 13.1. The van der Waals surface area contributed by atoms with E-state index in [0.29, 0.717) is 55.1 Å². The van der Waals surface area contributed by atoms with Crippen LogP contribution in [0, 0.1) is 0 Å². The lowest BCUT2D eigenvalue weighted by molar-refractivity contribution is 0.0573. The summed E-state index contributed by atoms with van der Waals surface area (Å²) in [5.41, 5.74) is 0.826. The Kier molecular flexibility index (Phi) is 6.16. The van der Waals surface area contributed by atoms with Gasteiger partial charge >= 0.3 is 0 Å². The number of carbonyl (C=O) groups is 1. The molecular weight excluding hydrogens is 442 g/mol. The van der Waals surface area contributed by atoms with Crippen LogP contribution < -0.4 is 14.2 Å². The van der Waals surface area contributed by atoms with Crippen molar-refractivity contribution >= 4 is 21.6 Å². The lowest BCUT2D eigenvalue weighted by atomic mass is 10.1. The molecule has 2 aliphatic heterocycles. The SMILES string of the molecule is O=C(c1cccc(NS(=O)(=O)c2ccc3c(c2)OCCO3)c1)N1CCN(C2CCCC2)CC1. The van der Waals surface area contributed by atoms with E-state index in [2.05, 4.69) is 9.62 Å². The number of carbonyl (C=O) groups excluding carboxylic acids is 1. The van der Waals surface area contributed by atoms with Crippen molar-refractivity contribution in [2.45, 2.75) is 36.6 Å². The van der Waals surface area contributed by atoms with Gasteiger partial charge in [0.2, 0.25) is 0 Å². The Labute approximate surface area is 194 Å². The van der Waals surface area contributed by atoms with Crippen LogP contribution in [0.25, 0.3) is 0 Å². The quantitative estimate of drug-likeness (QED) is 0.721. The second-order valence-corrected chi connectivity index (χ2v) is 10.4. The molecule has 2 fully saturated rings. The number of nitrogens with one attached hydrogen (secondary N) is 1. The number of sulfonamides is 1. The van der Waals surface area contributed by atoms with Gasteiger partial charge < -0.3 is 14.4 Å². The van der Waals surface area contributed by atoms with E-state index in [0.717, 1.165) is 13.1 Å². The third kappa shape index (κ3) is 4.79. The van der Waals surface area contributed by atoms with Gasteiger partial charge in [-0.25, -0.2) is 8.42 Å². The summed E-state index contributed by atoms with van der Waals surface area (Å²) >= 11 is 0. The molecule has 0 unspecified atom stereocenters. The first-order chi connectivity index (χ1) is 16.0. The molecule has 33 heavy (non-hydrogen) atoms. The minimum absolute atomic E-state index is 0.0681. The fraction of sp³-hybridized carbons (Fsp3) is 0.458. The van der Waals surface area contributed by atoms with E-state index in [1.807, 2.05) is 4.90 Å². The molecule has 0 radical (unpaired) electrons. The number of fused-ring (bicyclic) bond motifs is 1.